The number of aromatic nitrogens is 1. The standard InChI is InChI=1S/C51H88N2O6/c1-4-6-8-10-12-14-16-18-20-22-24-26-28-30-32-36-42-51(43-37-33-31-29-27-25-23-21-19-17-15-13-11-9-7-5-2)57-46-47(58-51)45-52(3)44-38-34-35-39-50(56)59-53-48(54)40-41-49(53)55/h12-15,18-21,40-41,47,54-55H,4-11,16-17,22-39,42-46H2,1-3H3/t47-,51?/m0/s1. The summed E-state index contributed by atoms with van der Waals surface area (Å²) < 4.78 is 14.1. The van der Waals surface area contributed by atoms with E-state index in [9.17, 15) is 15.0 Å². The molecule has 1 atom stereocenters. The minimum Gasteiger partial charge on any atom is -0.492 e. The Labute approximate surface area is 361 Å². The third-order valence-corrected chi connectivity index (χ3v) is 11.4. The molecule has 59 heavy (non-hydrogen) atoms. The number of hydrogen-bond donors (Lipinski definition) is 2. The predicted molar refractivity (Wildman–Crippen MR) is 247 cm³/mol. The van der Waals surface area contributed by atoms with Crippen molar-refractivity contribution in [2.75, 3.05) is 26.7 Å². The molecule has 0 unspecified atom stereocenters. The number of allylic oxidation sites excluding steroid dienone is 8. The molecule has 2 heterocycles. The van der Waals surface area contributed by atoms with Crippen LogP contribution in [0.3, 0.4) is 0 Å². The molecule has 0 aliphatic carbocycles. The van der Waals surface area contributed by atoms with Gasteiger partial charge in [0.1, 0.15) is 0 Å². The smallest absolute Gasteiger partial charge is 0.333 e. The molecule has 1 aromatic heterocycles. The fourth-order valence-electron chi connectivity index (χ4n) is 7.77. The Morgan fingerprint density at radius 3 is 1.59 bits per heavy atom. The molecule has 0 saturated carbocycles. The first-order chi connectivity index (χ1) is 28.9. The molecule has 1 aliphatic heterocycles. The van der Waals surface area contributed by atoms with Crippen LogP contribution in [0.2, 0.25) is 0 Å². The van der Waals surface area contributed by atoms with Crippen molar-refractivity contribution in [1.29, 1.82) is 0 Å². The third-order valence-electron chi connectivity index (χ3n) is 11.4. The maximum Gasteiger partial charge on any atom is 0.333 e. The largest absolute Gasteiger partial charge is 0.492 e. The minimum atomic E-state index is -0.479. The van der Waals surface area contributed by atoms with E-state index in [-0.39, 0.29) is 24.3 Å². The van der Waals surface area contributed by atoms with Crippen LogP contribution in [0, 0.1) is 0 Å². The van der Waals surface area contributed by atoms with Crippen molar-refractivity contribution in [3.63, 3.8) is 0 Å². The summed E-state index contributed by atoms with van der Waals surface area (Å²) in [5, 5.41) is 19.4. The molecule has 2 N–H and O–H groups in total. The van der Waals surface area contributed by atoms with E-state index in [1.54, 1.807) is 0 Å². The van der Waals surface area contributed by atoms with Gasteiger partial charge in [0, 0.05) is 37.9 Å². The van der Waals surface area contributed by atoms with Gasteiger partial charge in [-0.3, -0.25) is 0 Å². The maximum atomic E-state index is 12.1. The number of nitrogens with zero attached hydrogens (tertiary/aromatic N) is 2. The van der Waals surface area contributed by atoms with Crippen molar-refractivity contribution in [3.05, 3.63) is 60.7 Å². The van der Waals surface area contributed by atoms with E-state index in [0.717, 1.165) is 69.2 Å². The molecular formula is C51H88N2O6. The highest BCUT2D eigenvalue weighted by Gasteiger charge is 2.40. The summed E-state index contributed by atoms with van der Waals surface area (Å²) in [4.78, 5) is 19.5. The Morgan fingerprint density at radius 2 is 1.10 bits per heavy atom. The van der Waals surface area contributed by atoms with Crippen molar-refractivity contribution < 1.29 is 29.3 Å². The topological polar surface area (TPSA) is 93.4 Å². The SMILES string of the molecule is CCCCCC=CCC=CCCCCCCCCC1(CCCCCCCCC=CCC=CCCCCC)OC[C@H](CN(C)CCCCCC(=O)On2c(O)ccc2O)O1. The Kier molecular flexibility index (Phi) is 31.8. The quantitative estimate of drug-likeness (QED) is 0.0504. The van der Waals surface area contributed by atoms with Crippen molar-refractivity contribution in [3.8, 4) is 11.8 Å². The van der Waals surface area contributed by atoms with E-state index in [1.165, 1.54) is 141 Å². The summed E-state index contributed by atoms with van der Waals surface area (Å²) in [6.45, 7) is 6.92. The summed E-state index contributed by atoms with van der Waals surface area (Å²) in [6, 6.07) is 2.55. The molecule has 8 nitrogen and oxygen atoms in total. The summed E-state index contributed by atoms with van der Waals surface area (Å²) >= 11 is 0. The lowest BCUT2D eigenvalue weighted by Gasteiger charge is -2.29. The van der Waals surface area contributed by atoms with Gasteiger partial charge in [0.15, 0.2) is 5.79 Å². The molecule has 0 radical (unpaired) electrons. The van der Waals surface area contributed by atoms with E-state index >= 15 is 0 Å². The average Bonchev–Trinajstić information content (AvgIpc) is 3.77. The van der Waals surface area contributed by atoms with E-state index in [2.05, 4.69) is 74.4 Å². The van der Waals surface area contributed by atoms with Crippen LogP contribution in [-0.4, -0.2) is 64.4 Å². The number of aromatic hydroxyl groups is 2. The first-order valence-electron chi connectivity index (χ1n) is 24.3. The van der Waals surface area contributed by atoms with Gasteiger partial charge in [-0.05, 0) is 103 Å². The second-order valence-corrected chi connectivity index (χ2v) is 17.0. The van der Waals surface area contributed by atoms with E-state index in [1.807, 2.05) is 0 Å². The summed E-state index contributed by atoms with van der Waals surface area (Å²) in [6.07, 6.45) is 53.5. The Morgan fingerprint density at radius 1 is 0.661 bits per heavy atom. The van der Waals surface area contributed by atoms with Crippen molar-refractivity contribution in [2.24, 2.45) is 0 Å². The summed E-state index contributed by atoms with van der Waals surface area (Å²) in [5.74, 6) is -1.53. The molecule has 1 aliphatic rings. The lowest BCUT2D eigenvalue weighted by atomic mass is 9.98. The van der Waals surface area contributed by atoms with Crippen LogP contribution in [0.15, 0.2) is 60.7 Å². The number of hydrogen-bond acceptors (Lipinski definition) is 7. The zero-order valence-corrected chi connectivity index (χ0v) is 38.1. The normalized spacial score (nSPS) is 17.3. The van der Waals surface area contributed by atoms with Crippen LogP contribution in [0.25, 0.3) is 0 Å². The predicted octanol–water partition coefficient (Wildman–Crippen LogP) is 13.9. The maximum absolute atomic E-state index is 12.1. The fraction of sp³-hybridized carbons (Fsp3) is 0.745. The van der Waals surface area contributed by atoms with Crippen molar-refractivity contribution in [1.82, 2.24) is 9.63 Å². The highest BCUT2D eigenvalue weighted by molar-refractivity contribution is 5.69. The highest BCUT2D eigenvalue weighted by Crippen LogP contribution is 2.35. The minimum absolute atomic E-state index is 0.0751. The number of carbonyl (C=O) groups excluding carboxylic acids is 1. The zero-order chi connectivity index (χ0) is 42.5. The van der Waals surface area contributed by atoms with Crippen LogP contribution in [0.1, 0.15) is 206 Å². The molecule has 1 fully saturated rings. The highest BCUT2D eigenvalue weighted by atomic mass is 16.7. The first-order valence-corrected chi connectivity index (χ1v) is 24.3. The molecule has 338 valence electrons. The second-order valence-electron chi connectivity index (χ2n) is 17.0. The van der Waals surface area contributed by atoms with E-state index < -0.39 is 11.8 Å². The number of rotatable bonds is 39. The average molecular weight is 825 g/mol. The fourth-order valence-corrected chi connectivity index (χ4v) is 7.77. The Hall–Kier alpha value is -2.81. The van der Waals surface area contributed by atoms with Crippen molar-refractivity contribution >= 4 is 5.97 Å². The third kappa shape index (κ3) is 27.6. The van der Waals surface area contributed by atoms with Gasteiger partial charge in [0.25, 0.3) is 0 Å². The summed E-state index contributed by atoms with van der Waals surface area (Å²) in [7, 11) is 2.14. The number of unbranched alkanes of at least 4 members (excludes halogenated alkanes) is 20. The Bertz CT molecular complexity index is 1200. The molecular weight excluding hydrogens is 737 g/mol. The number of likely N-dealkylation sites (N-methyl/N-ethyl adjacent to an activating group) is 1. The van der Waals surface area contributed by atoms with Crippen LogP contribution in [0.4, 0.5) is 0 Å². The monoisotopic (exact) mass is 825 g/mol. The lowest BCUT2D eigenvalue weighted by molar-refractivity contribution is -0.180. The second kappa shape index (κ2) is 35.9. The Balaban J connectivity index is 1.66. The molecule has 2 rings (SSSR count). The van der Waals surface area contributed by atoms with Crippen molar-refractivity contribution in [2.45, 2.75) is 218 Å². The zero-order valence-electron chi connectivity index (χ0n) is 38.1. The van der Waals surface area contributed by atoms with Crippen LogP contribution >= 0.6 is 0 Å². The van der Waals surface area contributed by atoms with Crippen LogP contribution < -0.4 is 4.84 Å². The van der Waals surface area contributed by atoms with Crippen LogP contribution in [-0.2, 0) is 14.3 Å². The van der Waals surface area contributed by atoms with Crippen LogP contribution in [0.5, 0.6) is 11.8 Å². The number of carbonyl (C=O) groups is 1. The summed E-state index contributed by atoms with van der Waals surface area (Å²) in [5.41, 5.74) is 0. The molecule has 0 bridgehead atoms. The molecule has 1 saturated heterocycles. The molecule has 1 aromatic rings. The van der Waals surface area contributed by atoms with E-state index in [0.29, 0.717) is 13.0 Å². The lowest BCUT2D eigenvalue weighted by Crippen LogP contribution is -2.35. The van der Waals surface area contributed by atoms with Gasteiger partial charge in [-0.2, -0.15) is 0 Å². The van der Waals surface area contributed by atoms with Gasteiger partial charge in [0.2, 0.25) is 11.8 Å². The van der Waals surface area contributed by atoms with Gasteiger partial charge in [-0.15, -0.1) is 4.73 Å². The molecule has 0 aromatic carbocycles. The van der Waals surface area contributed by atoms with Gasteiger partial charge < -0.3 is 29.4 Å². The number of ether oxygens (including phenoxy) is 2. The first kappa shape index (κ1) is 52.3. The molecule has 8 heteroatoms. The van der Waals surface area contributed by atoms with Gasteiger partial charge >= 0.3 is 5.97 Å². The van der Waals surface area contributed by atoms with Gasteiger partial charge in [-0.1, -0.05) is 146 Å². The molecule has 0 spiro atoms. The van der Waals surface area contributed by atoms with Gasteiger partial charge in [0.05, 0.1) is 12.7 Å². The van der Waals surface area contributed by atoms with Gasteiger partial charge in [-0.25, -0.2) is 4.79 Å². The molecule has 0 amide bonds. The van der Waals surface area contributed by atoms with E-state index in [4.69, 9.17) is 14.3 Å².